The Bertz CT molecular complexity index is 992. The lowest BCUT2D eigenvalue weighted by Crippen LogP contribution is -2.33. The number of ether oxygens (including phenoxy) is 1. The van der Waals surface area contributed by atoms with Gasteiger partial charge in [-0.1, -0.05) is 60.7 Å². The number of carboxylic acid groups (broad SMARTS) is 1. The van der Waals surface area contributed by atoms with Crippen LogP contribution >= 0.6 is 0 Å². The summed E-state index contributed by atoms with van der Waals surface area (Å²) in [5, 5.41) is 9.58. The van der Waals surface area contributed by atoms with Gasteiger partial charge in [-0.2, -0.15) is 0 Å². The first kappa shape index (κ1) is 20.1. The number of anilines is 1. The number of hydrogen-bond acceptors (Lipinski definition) is 5. The van der Waals surface area contributed by atoms with Crippen molar-refractivity contribution in [3.05, 3.63) is 87.8 Å². The third-order valence-corrected chi connectivity index (χ3v) is 4.43. The van der Waals surface area contributed by atoms with Crippen LogP contribution in [0.1, 0.15) is 28.5 Å². The Hall–Kier alpha value is -3.61. The van der Waals surface area contributed by atoms with Gasteiger partial charge in [0.05, 0.1) is 6.61 Å². The van der Waals surface area contributed by atoms with Crippen LogP contribution in [0.15, 0.2) is 65.5 Å². The Balaban J connectivity index is 2.11. The fourth-order valence-corrected chi connectivity index (χ4v) is 3.08. The van der Waals surface area contributed by atoms with Crippen molar-refractivity contribution >= 4 is 11.9 Å². The molecule has 0 aliphatic carbocycles. The molecule has 0 aliphatic heterocycles. The average molecular weight is 393 g/mol. The van der Waals surface area contributed by atoms with E-state index in [0.717, 1.165) is 11.1 Å². The first-order chi connectivity index (χ1) is 14.0. The molecule has 0 radical (unpaired) electrons. The van der Waals surface area contributed by atoms with Crippen LogP contribution < -0.4 is 15.2 Å². The van der Waals surface area contributed by atoms with Gasteiger partial charge in [-0.15, -0.1) is 0 Å². The number of aromatic nitrogens is 2. The van der Waals surface area contributed by atoms with Crippen molar-refractivity contribution in [3.8, 4) is 5.75 Å². The Morgan fingerprint density at radius 3 is 2.00 bits per heavy atom. The van der Waals surface area contributed by atoms with Crippen molar-refractivity contribution in [1.82, 2.24) is 9.55 Å². The summed E-state index contributed by atoms with van der Waals surface area (Å²) in [7, 11) is 1.57. The second kappa shape index (κ2) is 9.05. The van der Waals surface area contributed by atoms with Crippen LogP contribution in [0, 0.1) is 0 Å². The van der Waals surface area contributed by atoms with Crippen LogP contribution in [-0.4, -0.2) is 27.2 Å². The molecular formula is C22H23N3O4. The van der Waals surface area contributed by atoms with E-state index in [-0.39, 0.29) is 24.0 Å². The van der Waals surface area contributed by atoms with Crippen molar-refractivity contribution < 1.29 is 14.6 Å². The molecule has 7 nitrogen and oxygen atoms in total. The highest BCUT2D eigenvalue weighted by Crippen LogP contribution is 2.21. The van der Waals surface area contributed by atoms with E-state index in [1.54, 1.807) is 14.0 Å². The summed E-state index contributed by atoms with van der Waals surface area (Å²) in [5.74, 6) is -1.28. The number of rotatable bonds is 8. The summed E-state index contributed by atoms with van der Waals surface area (Å²) < 4.78 is 6.62. The van der Waals surface area contributed by atoms with Gasteiger partial charge in [0, 0.05) is 20.1 Å². The predicted molar refractivity (Wildman–Crippen MR) is 110 cm³/mol. The van der Waals surface area contributed by atoms with E-state index >= 15 is 0 Å². The maximum atomic E-state index is 12.8. The largest absolute Gasteiger partial charge is 0.486 e. The van der Waals surface area contributed by atoms with E-state index in [2.05, 4.69) is 4.98 Å². The van der Waals surface area contributed by atoms with Gasteiger partial charge in [0.1, 0.15) is 0 Å². The highest BCUT2D eigenvalue weighted by atomic mass is 16.5. The number of carboxylic acids is 1. The third-order valence-electron chi connectivity index (χ3n) is 4.43. The van der Waals surface area contributed by atoms with E-state index in [0.29, 0.717) is 13.1 Å². The minimum absolute atomic E-state index is 0.175. The first-order valence-corrected chi connectivity index (χ1v) is 9.31. The van der Waals surface area contributed by atoms with E-state index in [9.17, 15) is 14.7 Å². The van der Waals surface area contributed by atoms with Gasteiger partial charge >= 0.3 is 5.97 Å². The summed E-state index contributed by atoms with van der Waals surface area (Å²) >= 11 is 0. The topological polar surface area (TPSA) is 84.7 Å². The minimum atomic E-state index is -1.30. The monoisotopic (exact) mass is 393 g/mol. The molecule has 0 bridgehead atoms. The van der Waals surface area contributed by atoms with E-state index in [1.165, 1.54) is 4.57 Å². The van der Waals surface area contributed by atoms with Gasteiger partial charge in [0.2, 0.25) is 11.7 Å². The number of carbonyl (C=O) groups is 1. The normalized spacial score (nSPS) is 10.6. The lowest BCUT2D eigenvalue weighted by atomic mass is 10.2. The number of aromatic carboxylic acids is 1. The van der Waals surface area contributed by atoms with Gasteiger partial charge in [0.25, 0.3) is 5.56 Å². The van der Waals surface area contributed by atoms with Crippen LogP contribution in [0.5, 0.6) is 5.75 Å². The van der Waals surface area contributed by atoms with Crippen LogP contribution in [0.3, 0.4) is 0 Å². The van der Waals surface area contributed by atoms with Crippen LogP contribution in [-0.2, 0) is 20.1 Å². The maximum absolute atomic E-state index is 12.8. The summed E-state index contributed by atoms with van der Waals surface area (Å²) in [5.41, 5.74) is 1.13. The summed E-state index contributed by atoms with van der Waals surface area (Å²) in [6, 6.07) is 19.5. The second-order valence-electron chi connectivity index (χ2n) is 6.52. The zero-order chi connectivity index (χ0) is 20.8. The van der Waals surface area contributed by atoms with E-state index < -0.39 is 11.5 Å². The molecule has 0 amide bonds. The SMILES string of the molecule is CCOc1c(C(=O)O)nc(N(Cc2ccccc2)Cc2ccccc2)n(C)c1=O. The van der Waals surface area contributed by atoms with Gasteiger partial charge in [-0.05, 0) is 18.1 Å². The molecule has 1 aromatic heterocycles. The lowest BCUT2D eigenvalue weighted by molar-refractivity contribution is 0.0684. The zero-order valence-corrected chi connectivity index (χ0v) is 16.4. The quantitative estimate of drug-likeness (QED) is 0.633. The number of hydrogen-bond donors (Lipinski definition) is 1. The molecule has 0 aliphatic rings. The maximum Gasteiger partial charge on any atom is 0.358 e. The Kier molecular flexibility index (Phi) is 6.29. The highest BCUT2D eigenvalue weighted by molar-refractivity contribution is 5.88. The molecule has 0 fully saturated rings. The molecule has 0 saturated carbocycles. The van der Waals surface area contributed by atoms with Gasteiger partial charge in [0.15, 0.2) is 5.69 Å². The molecular weight excluding hydrogens is 370 g/mol. The van der Waals surface area contributed by atoms with Crippen LogP contribution in [0.25, 0.3) is 0 Å². The predicted octanol–water partition coefficient (Wildman–Crippen LogP) is 3.08. The minimum Gasteiger partial charge on any atom is -0.486 e. The van der Waals surface area contributed by atoms with Gasteiger partial charge in [-0.3, -0.25) is 9.36 Å². The molecule has 0 spiro atoms. The molecule has 7 heteroatoms. The fraction of sp³-hybridized carbons (Fsp3) is 0.227. The van der Waals surface area contributed by atoms with E-state index in [1.807, 2.05) is 65.6 Å². The summed E-state index contributed by atoms with van der Waals surface area (Å²) in [6.45, 7) is 2.79. The molecule has 150 valence electrons. The molecule has 3 aromatic rings. The Morgan fingerprint density at radius 2 is 1.55 bits per heavy atom. The molecule has 3 rings (SSSR count). The van der Waals surface area contributed by atoms with Crippen molar-refractivity contribution in [1.29, 1.82) is 0 Å². The number of benzene rings is 2. The summed E-state index contributed by atoms with van der Waals surface area (Å²) in [4.78, 5) is 30.8. The van der Waals surface area contributed by atoms with Crippen LogP contribution in [0.2, 0.25) is 0 Å². The standard InChI is InChI=1S/C22H23N3O4/c1-3-29-19-18(21(27)28)23-22(24(2)20(19)26)25(14-16-10-6-4-7-11-16)15-17-12-8-5-9-13-17/h4-13H,3,14-15H2,1-2H3,(H,27,28). The van der Waals surface area contributed by atoms with Gasteiger partial charge in [-0.25, -0.2) is 9.78 Å². The lowest BCUT2D eigenvalue weighted by Gasteiger charge is -2.26. The average Bonchev–Trinajstić information content (AvgIpc) is 2.72. The first-order valence-electron chi connectivity index (χ1n) is 9.31. The fourth-order valence-electron chi connectivity index (χ4n) is 3.08. The molecule has 2 aromatic carbocycles. The molecule has 0 unspecified atom stereocenters. The molecule has 1 N–H and O–H groups in total. The smallest absolute Gasteiger partial charge is 0.358 e. The van der Waals surface area contributed by atoms with Crippen molar-refractivity contribution in [2.24, 2.45) is 7.05 Å². The second-order valence-corrected chi connectivity index (χ2v) is 6.52. The van der Waals surface area contributed by atoms with Gasteiger partial charge < -0.3 is 14.7 Å². The highest BCUT2D eigenvalue weighted by Gasteiger charge is 2.24. The Labute approximate surface area is 168 Å². The molecule has 29 heavy (non-hydrogen) atoms. The zero-order valence-electron chi connectivity index (χ0n) is 16.4. The van der Waals surface area contributed by atoms with Crippen molar-refractivity contribution in [3.63, 3.8) is 0 Å². The molecule has 1 heterocycles. The molecule has 0 saturated heterocycles. The third kappa shape index (κ3) is 4.63. The molecule has 0 atom stereocenters. The van der Waals surface area contributed by atoms with Crippen LogP contribution in [0.4, 0.5) is 5.95 Å². The van der Waals surface area contributed by atoms with Crippen molar-refractivity contribution in [2.75, 3.05) is 11.5 Å². The van der Waals surface area contributed by atoms with E-state index in [4.69, 9.17) is 4.74 Å². The summed E-state index contributed by atoms with van der Waals surface area (Å²) in [6.07, 6.45) is 0. The van der Waals surface area contributed by atoms with Crippen molar-refractivity contribution in [2.45, 2.75) is 20.0 Å². The number of nitrogens with zero attached hydrogens (tertiary/aromatic N) is 3. The Morgan fingerprint density at radius 1 is 1.03 bits per heavy atom.